The smallest absolute Gasteiger partial charge is 0.248 e. The zero-order chi connectivity index (χ0) is 17.7. The number of amides is 1. The van der Waals surface area contributed by atoms with Gasteiger partial charge in [-0.2, -0.15) is 0 Å². The minimum atomic E-state index is -0.177. The first-order valence-corrected chi connectivity index (χ1v) is 9.91. The second-order valence-corrected chi connectivity index (χ2v) is 8.00. The van der Waals surface area contributed by atoms with E-state index in [0.29, 0.717) is 5.75 Å². The van der Waals surface area contributed by atoms with Gasteiger partial charge >= 0.3 is 0 Å². The second kappa shape index (κ2) is 9.01. The van der Waals surface area contributed by atoms with Gasteiger partial charge in [-0.3, -0.25) is 4.79 Å². The van der Waals surface area contributed by atoms with Gasteiger partial charge in [-0.15, -0.1) is 0 Å². The van der Waals surface area contributed by atoms with Gasteiger partial charge in [-0.1, -0.05) is 22.9 Å². The zero-order valence-electron chi connectivity index (χ0n) is 13.2. The Balaban J connectivity index is 2.20. The van der Waals surface area contributed by atoms with Crippen LogP contribution in [0.5, 0.6) is 5.75 Å². The lowest BCUT2D eigenvalue weighted by Crippen LogP contribution is -2.09. The summed E-state index contributed by atoms with van der Waals surface area (Å²) < 4.78 is 8.26. The van der Waals surface area contributed by atoms with Gasteiger partial charge in [0.1, 0.15) is 5.75 Å². The van der Waals surface area contributed by atoms with Crippen molar-refractivity contribution in [2.75, 3.05) is 12.4 Å². The monoisotopic (exact) mass is 563 g/mol. The molecule has 0 bridgehead atoms. The first-order chi connectivity index (χ1) is 11.4. The van der Waals surface area contributed by atoms with E-state index in [1.807, 2.05) is 24.3 Å². The van der Waals surface area contributed by atoms with Crippen molar-refractivity contribution in [3.8, 4) is 5.75 Å². The number of carbonyl (C=O) groups is 1. The fraction of sp³-hybridized carbons (Fsp3) is 0.167. The van der Waals surface area contributed by atoms with Crippen molar-refractivity contribution in [3.63, 3.8) is 0 Å². The van der Waals surface area contributed by atoms with Crippen molar-refractivity contribution in [2.24, 2.45) is 0 Å². The lowest BCUT2D eigenvalue weighted by Gasteiger charge is -2.10. The standard InChI is InChI=1S/C18H16Br2INO2/c1-3-11-9-14(21)5-6-16(11)22-17(23)7-4-12-8-13(19)10-15(20)18(12)24-2/h4-10H,3H2,1-2H3,(H,22,23)/b7-4+. The Bertz CT molecular complexity index is 791. The average molecular weight is 565 g/mol. The maximum absolute atomic E-state index is 12.2. The van der Waals surface area contributed by atoms with Gasteiger partial charge in [-0.25, -0.2) is 0 Å². The van der Waals surface area contributed by atoms with Gasteiger partial charge in [0, 0.05) is 25.4 Å². The van der Waals surface area contributed by atoms with E-state index in [1.54, 1.807) is 13.2 Å². The molecule has 0 saturated heterocycles. The number of hydrogen-bond acceptors (Lipinski definition) is 2. The third-order valence-corrected chi connectivity index (χ3v) is 5.08. The summed E-state index contributed by atoms with van der Waals surface area (Å²) in [5.41, 5.74) is 2.77. The Morgan fingerprint density at radius 2 is 2.04 bits per heavy atom. The van der Waals surface area contributed by atoms with Crippen LogP contribution in [-0.2, 0) is 11.2 Å². The molecule has 2 aromatic carbocycles. The SMILES string of the molecule is CCc1cc(I)ccc1NC(=O)/C=C/c1cc(Br)cc(Br)c1OC. The number of nitrogens with one attached hydrogen (secondary N) is 1. The van der Waals surface area contributed by atoms with Crippen LogP contribution in [0.15, 0.2) is 45.4 Å². The predicted octanol–water partition coefficient (Wildman–Crippen LogP) is 6.04. The van der Waals surface area contributed by atoms with Crippen LogP contribution in [0.25, 0.3) is 6.08 Å². The molecule has 0 aliphatic rings. The average Bonchev–Trinajstić information content (AvgIpc) is 2.54. The van der Waals surface area contributed by atoms with Gasteiger partial charge in [-0.05, 0) is 86.9 Å². The molecule has 3 nitrogen and oxygen atoms in total. The van der Waals surface area contributed by atoms with E-state index in [-0.39, 0.29) is 5.91 Å². The molecule has 1 amide bonds. The van der Waals surface area contributed by atoms with E-state index >= 15 is 0 Å². The minimum absolute atomic E-state index is 0.177. The highest BCUT2D eigenvalue weighted by atomic mass is 127. The molecule has 0 saturated carbocycles. The van der Waals surface area contributed by atoms with E-state index in [2.05, 4.69) is 72.8 Å². The van der Waals surface area contributed by atoms with Crippen molar-refractivity contribution >= 4 is 72.1 Å². The van der Waals surface area contributed by atoms with Crippen LogP contribution in [0.1, 0.15) is 18.1 Å². The highest BCUT2D eigenvalue weighted by Gasteiger charge is 2.08. The Kier molecular flexibility index (Phi) is 7.31. The molecule has 6 heteroatoms. The Hall–Kier alpha value is -0.860. The molecule has 1 N–H and O–H groups in total. The Labute approximate surface area is 172 Å². The molecule has 0 aromatic heterocycles. The van der Waals surface area contributed by atoms with E-state index < -0.39 is 0 Å². The van der Waals surface area contributed by atoms with E-state index in [0.717, 1.165) is 35.8 Å². The lowest BCUT2D eigenvalue weighted by molar-refractivity contribution is -0.111. The molecule has 0 radical (unpaired) electrons. The number of anilines is 1. The molecule has 2 aromatic rings. The third kappa shape index (κ3) is 5.07. The summed E-state index contributed by atoms with van der Waals surface area (Å²) in [5.74, 6) is 0.509. The minimum Gasteiger partial charge on any atom is -0.495 e. The summed E-state index contributed by atoms with van der Waals surface area (Å²) >= 11 is 9.16. The van der Waals surface area contributed by atoms with Crippen LogP contribution >= 0.6 is 54.5 Å². The van der Waals surface area contributed by atoms with Crippen LogP contribution in [0.2, 0.25) is 0 Å². The Morgan fingerprint density at radius 3 is 2.71 bits per heavy atom. The number of methoxy groups -OCH3 is 1. The molecule has 0 heterocycles. The summed E-state index contributed by atoms with van der Waals surface area (Å²) in [6, 6.07) is 9.79. The summed E-state index contributed by atoms with van der Waals surface area (Å²) in [6.07, 6.45) is 4.11. The van der Waals surface area contributed by atoms with Gasteiger partial charge in [0.2, 0.25) is 5.91 Å². The molecule has 0 fully saturated rings. The number of benzene rings is 2. The van der Waals surface area contributed by atoms with Crippen LogP contribution in [-0.4, -0.2) is 13.0 Å². The van der Waals surface area contributed by atoms with Gasteiger partial charge in [0.15, 0.2) is 0 Å². The van der Waals surface area contributed by atoms with Gasteiger partial charge < -0.3 is 10.1 Å². The van der Waals surface area contributed by atoms with Crippen LogP contribution in [0, 0.1) is 3.57 Å². The molecular formula is C18H16Br2INO2. The highest BCUT2D eigenvalue weighted by molar-refractivity contribution is 14.1. The number of carbonyl (C=O) groups excluding carboxylic acids is 1. The van der Waals surface area contributed by atoms with Gasteiger partial charge in [0.05, 0.1) is 11.6 Å². The van der Waals surface area contributed by atoms with E-state index in [4.69, 9.17) is 4.74 Å². The maximum atomic E-state index is 12.2. The van der Waals surface area contributed by atoms with Gasteiger partial charge in [0.25, 0.3) is 0 Å². The fourth-order valence-corrected chi connectivity index (χ4v) is 4.21. The summed E-state index contributed by atoms with van der Waals surface area (Å²) in [6.45, 7) is 2.07. The maximum Gasteiger partial charge on any atom is 0.248 e. The molecular weight excluding hydrogens is 549 g/mol. The molecule has 24 heavy (non-hydrogen) atoms. The first-order valence-electron chi connectivity index (χ1n) is 7.25. The fourth-order valence-electron chi connectivity index (χ4n) is 2.24. The van der Waals surface area contributed by atoms with Crippen molar-refractivity contribution in [1.82, 2.24) is 0 Å². The molecule has 0 aliphatic carbocycles. The third-order valence-electron chi connectivity index (χ3n) is 3.36. The van der Waals surface area contributed by atoms with Crippen molar-refractivity contribution < 1.29 is 9.53 Å². The Morgan fingerprint density at radius 1 is 1.29 bits per heavy atom. The zero-order valence-corrected chi connectivity index (χ0v) is 18.5. The largest absolute Gasteiger partial charge is 0.495 e. The lowest BCUT2D eigenvalue weighted by atomic mass is 10.1. The number of ether oxygens (including phenoxy) is 1. The molecule has 0 atom stereocenters. The number of halogens is 3. The number of hydrogen-bond donors (Lipinski definition) is 1. The topological polar surface area (TPSA) is 38.3 Å². The van der Waals surface area contributed by atoms with E-state index in [9.17, 15) is 4.79 Å². The van der Waals surface area contributed by atoms with Crippen LogP contribution < -0.4 is 10.1 Å². The summed E-state index contributed by atoms with van der Waals surface area (Å²) in [7, 11) is 1.60. The summed E-state index contributed by atoms with van der Waals surface area (Å²) in [4.78, 5) is 12.2. The number of aryl methyl sites for hydroxylation is 1. The van der Waals surface area contributed by atoms with Crippen LogP contribution in [0.4, 0.5) is 5.69 Å². The first kappa shape index (κ1) is 19.5. The predicted molar refractivity (Wildman–Crippen MR) is 115 cm³/mol. The van der Waals surface area contributed by atoms with E-state index in [1.165, 1.54) is 6.08 Å². The molecule has 0 spiro atoms. The molecule has 126 valence electrons. The number of rotatable bonds is 5. The van der Waals surface area contributed by atoms with Crippen molar-refractivity contribution in [1.29, 1.82) is 0 Å². The highest BCUT2D eigenvalue weighted by Crippen LogP contribution is 2.33. The molecule has 0 unspecified atom stereocenters. The quantitative estimate of drug-likeness (QED) is 0.355. The molecule has 0 aliphatic heterocycles. The molecule has 2 rings (SSSR count). The van der Waals surface area contributed by atoms with Crippen molar-refractivity contribution in [2.45, 2.75) is 13.3 Å². The van der Waals surface area contributed by atoms with Crippen LogP contribution in [0.3, 0.4) is 0 Å². The van der Waals surface area contributed by atoms with Crippen molar-refractivity contribution in [3.05, 3.63) is 60.1 Å². The summed E-state index contributed by atoms with van der Waals surface area (Å²) in [5, 5.41) is 2.93. The second-order valence-electron chi connectivity index (χ2n) is 4.99. The normalized spacial score (nSPS) is 10.9.